The van der Waals surface area contributed by atoms with Gasteiger partial charge in [-0.2, -0.15) is 0 Å². The van der Waals surface area contributed by atoms with Gasteiger partial charge in [-0.25, -0.2) is 0 Å². The molecule has 0 bridgehead atoms. The maximum Gasteiger partial charge on any atom is 0.250 e. The summed E-state index contributed by atoms with van der Waals surface area (Å²) < 4.78 is 3.73. The van der Waals surface area contributed by atoms with Gasteiger partial charge in [0.15, 0.2) is 5.96 Å². The predicted molar refractivity (Wildman–Crippen MR) is 114 cm³/mol. The molecule has 2 N–H and O–H groups in total. The molecule has 3 rings (SSSR count). The molecule has 2 heterocycles. The summed E-state index contributed by atoms with van der Waals surface area (Å²) in [6.07, 6.45) is 4.42. The molecule has 8 nitrogen and oxygen atoms in total. The lowest BCUT2D eigenvalue weighted by Gasteiger charge is -2.13. The predicted octanol–water partition coefficient (Wildman–Crippen LogP) is 1.42. The van der Waals surface area contributed by atoms with Crippen molar-refractivity contribution in [2.45, 2.75) is 33.0 Å². The fourth-order valence-electron chi connectivity index (χ4n) is 2.99. The van der Waals surface area contributed by atoms with Crippen LogP contribution in [0.2, 0.25) is 0 Å². The second-order valence-electron chi connectivity index (χ2n) is 6.63. The van der Waals surface area contributed by atoms with Crippen LogP contribution in [0.1, 0.15) is 23.9 Å². The number of pyridine rings is 1. The molecule has 0 fully saturated rings. The molecule has 0 spiro atoms. The maximum atomic E-state index is 11.8. The lowest BCUT2D eigenvalue weighted by molar-refractivity contribution is 0.632. The number of guanidine groups is 1. The highest BCUT2D eigenvalue weighted by Gasteiger charge is 2.03. The van der Waals surface area contributed by atoms with Gasteiger partial charge in [0.05, 0.1) is 6.54 Å². The van der Waals surface area contributed by atoms with E-state index in [2.05, 4.69) is 44.9 Å². The van der Waals surface area contributed by atoms with E-state index in [-0.39, 0.29) is 5.56 Å². The second-order valence-corrected chi connectivity index (χ2v) is 6.63. The van der Waals surface area contributed by atoms with Crippen molar-refractivity contribution < 1.29 is 0 Å². The zero-order valence-electron chi connectivity index (χ0n) is 16.9. The Balaban J connectivity index is 1.47. The number of rotatable bonds is 8. The molecule has 29 heavy (non-hydrogen) atoms. The van der Waals surface area contributed by atoms with Gasteiger partial charge in [0.25, 0.3) is 5.56 Å². The van der Waals surface area contributed by atoms with Crippen LogP contribution in [-0.4, -0.2) is 38.9 Å². The third-order valence-electron chi connectivity index (χ3n) is 4.62. The quantitative estimate of drug-likeness (QED) is 0.446. The van der Waals surface area contributed by atoms with Crippen LogP contribution in [0.25, 0.3) is 0 Å². The highest BCUT2D eigenvalue weighted by molar-refractivity contribution is 5.79. The van der Waals surface area contributed by atoms with Crippen molar-refractivity contribution in [3.8, 4) is 0 Å². The van der Waals surface area contributed by atoms with Crippen LogP contribution < -0.4 is 16.2 Å². The summed E-state index contributed by atoms with van der Waals surface area (Å²) >= 11 is 0. The first kappa shape index (κ1) is 20.3. The molecule has 152 valence electrons. The molecule has 0 radical (unpaired) electrons. The monoisotopic (exact) mass is 393 g/mol. The first-order valence-electron chi connectivity index (χ1n) is 9.74. The van der Waals surface area contributed by atoms with Gasteiger partial charge in [0, 0.05) is 45.4 Å². The molecule has 0 aliphatic carbocycles. The fourth-order valence-corrected chi connectivity index (χ4v) is 2.99. The average Bonchev–Trinajstić information content (AvgIpc) is 3.21. The molecule has 1 aromatic carbocycles. The number of benzene rings is 1. The molecule has 0 atom stereocenters. The topological polar surface area (TPSA) is 89.1 Å². The standard InChI is InChI=1S/C21H27N7O/c1-3-19-26-25-16-28(19)13-11-23-21(22-2)24-14-17-7-9-18(10-8-17)15-27-12-5-4-6-20(27)29/h4-10,12,16H,3,11,13-15H2,1-2H3,(H2,22,23,24). The lowest BCUT2D eigenvalue weighted by atomic mass is 10.1. The van der Waals surface area contributed by atoms with Crippen LogP contribution >= 0.6 is 0 Å². The van der Waals surface area contributed by atoms with Crippen molar-refractivity contribution in [1.29, 1.82) is 0 Å². The summed E-state index contributed by atoms with van der Waals surface area (Å²) in [7, 11) is 1.76. The van der Waals surface area contributed by atoms with Crippen molar-refractivity contribution >= 4 is 5.96 Å². The first-order chi connectivity index (χ1) is 14.2. The van der Waals surface area contributed by atoms with Crippen LogP contribution in [0, 0.1) is 0 Å². The SMILES string of the molecule is CCc1nncn1CCNC(=NC)NCc1ccc(Cn2ccccc2=O)cc1. The summed E-state index contributed by atoms with van der Waals surface area (Å²) in [5.41, 5.74) is 2.24. The zero-order valence-corrected chi connectivity index (χ0v) is 16.9. The molecule has 0 aliphatic rings. The van der Waals surface area contributed by atoms with E-state index >= 15 is 0 Å². The fraction of sp³-hybridized carbons (Fsp3) is 0.333. The smallest absolute Gasteiger partial charge is 0.250 e. The summed E-state index contributed by atoms with van der Waals surface area (Å²) in [6.45, 7) is 4.81. The van der Waals surface area contributed by atoms with E-state index in [1.807, 2.05) is 22.8 Å². The summed E-state index contributed by atoms with van der Waals surface area (Å²) in [5.74, 6) is 1.73. The number of hydrogen-bond donors (Lipinski definition) is 2. The molecule has 8 heteroatoms. The van der Waals surface area contributed by atoms with Gasteiger partial charge in [-0.3, -0.25) is 9.79 Å². The Morgan fingerprint density at radius 1 is 1.07 bits per heavy atom. The number of nitrogens with one attached hydrogen (secondary N) is 2. The molecular formula is C21H27N7O. The molecule has 0 unspecified atom stereocenters. The number of hydrogen-bond acceptors (Lipinski definition) is 4. The van der Waals surface area contributed by atoms with E-state index in [4.69, 9.17) is 0 Å². The minimum Gasteiger partial charge on any atom is -0.355 e. The van der Waals surface area contributed by atoms with Crippen molar-refractivity contribution in [2.75, 3.05) is 13.6 Å². The second kappa shape index (κ2) is 10.2. The Labute approximate surface area is 170 Å². The summed E-state index contributed by atoms with van der Waals surface area (Å²) in [5, 5.41) is 14.7. The molecular weight excluding hydrogens is 366 g/mol. The zero-order chi connectivity index (χ0) is 20.5. The van der Waals surface area contributed by atoms with Crippen molar-refractivity contribution in [3.63, 3.8) is 0 Å². The molecule has 0 aliphatic heterocycles. The Morgan fingerprint density at radius 3 is 2.59 bits per heavy atom. The highest BCUT2D eigenvalue weighted by atomic mass is 16.1. The number of aryl methyl sites for hydroxylation is 1. The summed E-state index contributed by atoms with van der Waals surface area (Å²) in [6, 6.07) is 13.4. The lowest BCUT2D eigenvalue weighted by Crippen LogP contribution is -2.38. The first-order valence-corrected chi connectivity index (χ1v) is 9.74. The molecule has 2 aromatic heterocycles. The number of nitrogens with zero attached hydrogens (tertiary/aromatic N) is 5. The van der Waals surface area contributed by atoms with Crippen LogP contribution in [0.5, 0.6) is 0 Å². The minimum absolute atomic E-state index is 0.00523. The van der Waals surface area contributed by atoms with Crippen LogP contribution in [0.4, 0.5) is 0 Å². The van der Waals surface area contributed by atoms with Crippen LogP contribution in [-0.2, 0) is 26.1 Å². The van der Waals surface area contributed by atoms with Crippen LogP contribution in [0.3, 0.4) is 0 Å². The van der Waals surface area contributed by atoms with Gasteiger partial charge in [-0.15, -0.1) is 10.2 Å². The Hall–Kier alpha value is -3.42. The third-order valence-corrected chi connectivity index (χ3v) is 4.62. The van der Waals surface area contributed by atoms with E-state index in [0.717, 1.165) is 42.4 Å². The van der Waals surface area contributed by atoms with Gasteiger partial charge in [0.1, 0.15) is 12.2 Å². The Bertz CT molecular complexity index is 989. The van der Waals surface area contributed by atoms with Crippen LogP contribution in [0.15, 0.2) is 64.8 Å². The number of aromatic nitrogens is 4. The normalized spacial score (nSPS) is 11.4. The Morgan fingerprint density at radius 2 is 1.86 bits per heavy atom. The van der Waals surface area contributed by atoms with Crippen molar-refractivity contribution in [1.82, 2.24) is 30.0 Å². The van der Waals surface area contributed by atoms with Crippen molar-refractivity contribution in [2.24, 2.45) is 4.99 Å². The molecule has 3 aromatic rings. The number of aliphatic imine (C=N–C) groups is 1. The van der Waals surface area contributed by atoms with E-state index in [1.165, 1.54) is 0 Å². The van der Waals surface area contributed by atoms with E-state index in [0.29, 0.717) is 13.1 Å². The largest absolute Gasteiger partial charge is 0.355 e. The van der Waals surface area contributed by atoms with Gasteiger partial charge in [0.2, 0.25) is 0 Å². The highest BCUT2D eigenvalue weighted by Crippen LogP contribution is 2.05. The minimum atomic E-state index is 0.00523. The summed E-state index contributed by atoms with van der Waals surface area (Å²) in [4.78, 5) is 16.1. The van der Waals surface area contributed by atoms with Gasteiger partial charge < -0.3 is 19.8 Å². The van der Waals surface area contributed by atoms with E-state index < -0.39 is 0 Å². The van der Waals surface area contributed by atoms with Gasteiger partial charge in [-0.05, 0) is 17.2 Å². The maximum absolute atomic E-state index is 11.8. The van der Waals surface area contributed by atoms with E-state index in [9.17, 15) is 4.79 Å². The van der Waals surface area contributed by atoms with Gasteiger partial charge >= 0.3 is 0 Å². The Kier molecular flexibility index (Phi) is 7.16. The average molecular weight is 393 g/mol. The molecule has 0 saturated heterocycles. The molecule has 0 amide bonds. The van der Waals surface area contributed by atoms with E-state index in [1.54, 1.807) is 36.3 Å². The third kappa shape index (κ3) is 5.78. The van der Waals surface area contributed by atoms with Crippen molar-refractivity contribution in [3.05, 3.63) is 82.3 Å². The molecule has 0 saturated carbocycles. The van der Waals surface area contributed by atoms with Gasteiger partial charge in [-0.1, -0.05) is 37.3 Å².